The molecule has 1 amide bonds. The lowest BCUT2D eigenvalue weighted by atomic mass is 9.98. The molecule has 0 spiro atoms. The molecule has 3 rings (SSSR count). The van der Waals surface area contributed by atoms with Gasteiger partial charge in [-0.2, -0.15) is 0 Å². The minimum atomic E-state index is -0.0106. The first-order valence-electron chi connectivity index (χ1n) is 6.48. The molecule has 21 heavy (non-hydrogen) atoms. The van der Waals surface area contributed by atoms with Crippen molar-refractivity contribution in [3.05, 3.63) is 62.1 Å². The van der Waals surface area contributed by atoms with Crippen LogP contribution in [-0.4, -0.2) is 5.91 Å². The van der Waals surface area contributed by atoms with Crippen LogP contribution in [0, 0.1) is 6.92 Å². The van der Waals surface area contributed by atoms with E-state index in [-0.39, 0.29) is 10.7 Å². The monoisotopic (exact) mass is 427 g/mol. The fourth-order valence-electron chi connectivity index (χ4n) is 2.51. The molecule has 0 saturated heterocycles. The van der Waals surface area contributed by atoms with Gasteiger partial charge in [0.2, 0.25) is 5.91 Å². The highest BCUT2D eigenvalue weighted by molar-refractivity contribution is 9.10. The quantitative estimate of drug-likeness (QED) is 0.637. The Morgan fingerprint density at radius 3 is 2.76 bits per heavy atom. The number of carbonyl (C=O) groups is 1. The predicted molar refractivity (Wildman–Crippen MR) is 93.4 cm³/mol. The molecule has 5 heteroatoms. The van der Waals surface area contributed by atoms with E-state index >= 15 is 0 Å². The smallest absolute Gasteiger partial charge is 0.228 e. The van der Waals surface area contributed by atoms with Gasteiger partial charge < -0.3 is 5.32 Å². The Balaban J connectivity index is 2.06. The summed E-state index contributed by atoms with van der Waals surface area (Å²) in [5.41, 5.74) is 5.14. The first-order valence-corrected chi connectivity index (χ1v) is 8.56. The third kappa shape index (κ3) is 2.89. The number of nitrogens with one attached hydrogen (secondary N) is 1. The zero-order chi connectivity index (χ0) is 15.1. The fourth-order valence-corrected chi connectivity index (χ4v) is 4.17. The van der Waals surface area contributed by atoms with Gasteiger partial charge in [0.25, 0.3) is 0 Å². The van der Waals surface area contributed by atoms with Crippen molar-refractivity contribution in [2.45, 2.75) is 18.2 Å². The molecule has 2 aromatic rings. The molecule has 0 saturated carbocycles. The standard InChI is InChI=1S/C16H12Br2ClNO/c1-8-2-3-10(17)6-11(8)16(18)12-4-9-5-15(21)20-14(9)7-13(12)19/h2-4,6-7,16H,5H2,1H3,(H,20,21). The molecule has 1 N–H and O–H groups in total. The summed E-state index contributed by atoms with van der Waals surface area (Å²) in [5, 5.41) is 3.47. The number of amides is 1. The number of rotatable bonds is 2. The zero-order valence-electron chi connectivity index (χ0n) is 11.2. The second-order valence-electron chi connectivity index (χ2n) is 5.12. The number of hydrogen-bond acceptors (Lipinski definition) is 1. The molecule has 1 atom stereocenters. The summed E-state index contributed by atoms with van der Waals surface area (Å²) in [6.07, 6.45) is 0.413. The fraction of sp³-hybridized carbons (Fsp3) is 0.188. The van der Waals surface area contributed by atoms with Gasteiger partial charge in [-0.15, -0.1) is 0 Å². The maximum Gasteiger partial charge on any atom is 0.228 e. The number of anilines is 1. The average molecular weight is 430 g/mol. The maximum absolute atomic E-state index is 11.5. The van der Waals surface area contributed by atoms with Gasteiger partial charge in [-0.05, 0) is 47.4 Å². The Labute approximate surface area is 145 Å². The molecule has 0 aliphatic carbocycles. The van der Waals surface area contributed by atoms with Crippen LogP contribution in [0.3, 0.4) is 0 Å². The molecule has 2 nitrogen and oxygen atoms in total. The van der Waals surface area contributed by atoms with Gasteiger partial charge in [-0.25, -0.2) is 0 Å². The highest BCUT2D eigenvalue weighted by Crippen LogP contribution is 2.40. The summed E-state index contributed by atoms with van der Waals surface area (Å²) in [6.45, 7) is 2.07. The van der Waals surface area contributed by atoms with Crippen molar-refractivity contribution < 1.29 is 4.79 Å². The Hall–Kier alpha value is -0.840. The van der Waals surface area contributed by atoms with Crippen LogP contribution < -0.4 is 5.32 Å². The Morgan fingerprint density at radius 1 is 1.24 bits per heavy atom. The van der Waals surface area contributed by atoms with Gasteiger partial charge in [0.1, 0.15) is 0 Å². The van der Waals surface area contributed by atoms with Gasteiger partial charge in [0, 0.05) is 15.2 Å². The van der Waals surface area contributed by atoms with Crippen LogP contribution in [0.2, 0.25) is 5.02 Å². The van der Waals surface area contributed by atoms with Crippen LogP contribution in [-0.2, 0) is 11.2 Å². The van der Waals surface area contributed by atoms with Gasteiger partial charge in [-0.1, -0.05) is 55.6 Å². The predicted octanol–water partition coefficient (Wildman–Crippen LogP) is 5.39. The van der Waals surface area contributed by atoms with Crippen molar-refractivity contribution >= 4 is 55.1 Å². The number of carbonyl (C=O) groups excluding carboxylic acids is 1. The third-order valence-electron chi connectivity index (χ3n) is 3.64. The third-order valence-corrected chi connectivity index (χ3v) is 5.44. The molecule has 1 heterocycles. The number of fused-ring (bicyclic) bond motifs is 1. The number of aryl methyl sites for hydroxylation is 1. The van der Waals surface area contributed by atoms with Crippen molar-refractivity contribution in [3.63, 3.8) is 0 Å². The van der Waals surface area contributed by atoms with E-state index in [1.54, 1.807) is 0 Å². The van der Waals surface area contributed by atoms with Crippen LogP contribution in [0.25, 0.3) is 0 Å². The summed E-state index contributed by atoms with van der Waals surface area (Å²) >= 11 is 13.6. The van der Waals surface area contributed by atoms with E-state index in [9.17, 15) is 4.79 Å². The molecule has 0 radical (unpaired) electrons. The van der Waals surface area contributed by atoms with Crippen LogP contribution in [0.4, 0.5) is 5.69 Å². The number of hydrogen-bond donors (Lipinski definition) is 1. The summed E-state index contributed by atoms with van der Waals surface area (Å²) < 4.78 is 1.03. The van der Waals surface area contributed by atoms with Crippen LogP contribution in [0.1, 0.15) is 27.1 Å². The molecule has 0 aromatic heterocycles. The average Bonchev–Trinajstić information content (AvgIpc) is 2.79. The maximum atomic E-state index is 11.5. The molecular weight excluding hydrogens is 417 g/mol. The van der Waals surface area contributed by atoms with Gasteiger partial charge in [0.05, 0.1) is 11.2 Å². The molecule has 1 aliphatic rings. The number of benzene rings is 2. The molecular formula is C16H12Br2ClNO. The van der Waals surface area contributed by atoms with Gasteiger partial charge in [-0.3, -0.25) is 4.79 Å². The van der Waals surface area contributed by atoms with Gasteiger partial charge >= 0.3 is 0 Å². The summed E-state index contributed by atoms with van der Waals surface area (Å²) in [6, 6.07) is 10.0. The van der Waals surface area contributed by atoms with E-state index in [0.717, 1.165) is 26.9 Å². The SMILES string of the molecule is Cc1ccc(Br)cc1C(Br)c1cc2c(cc1Cl)NC(=O)C2. The van der Waals surface area contributed by atoms with Crippen molar-refractivity contribution in [2.75, 3.05) is 5.32 Å². The van der Waals surface area contributed by atoms with E-state index in [1.165, 1.54) is 5.56 Å². The van der Waals surface area contributed by atoms with Crippen molar-refractivity contribution in [3.8, 4) is 0 Å². The summed E-state index contributed by atoms with van der Waals surface area (Å²) in [5.74, 6) is 0.0166. The van der Waals surface area contributed by atoms with Crippen LogP contribution in [0.15, 0.2) is 34.8 Å². The molecule has 0 bridgehead atoms. The van der Waals surface area contributed by atoms with Gasteiger partial charge in [0.15, 0.2) is 0 Å². The van der Waals surface area contributed by atoms with Crippen molar-refractivity contribution in [1.29, 1.82) is 0 Å². The van der Waals surface area contributed by atoms with Crippen molar-refractivity contribution in [2.24, 2.45) is 0 Å². The topological polar surface area (TPSA) is 29.1 Å². The lowest BCUT2D eigenvalue weighted by Crippen LogP contribution is -2.03. The Bertz CT molecular complexity index is 745. The second kappa shape index (κ2) is 5.75. The number of halogens is 3. The first kappa shape index (κ1) is 15.1. The summed E-state index contributed by atoms with van der Waals surface area (Å²) in [7, 11) is 0. The highest BCUT2D eigenvalue weighted by Gasteiger charge is 2.23. The Kier molecular flexibility index (Phi) is 4.12. The molecule has 2 aromatic carbocycles. The minimum absolute atomic E-state index is 0.0106. The molecule has 108 valence electrons. The second-order valence-corrected chi connectivity index (χ2v) is 7.36. The van der Waals surface area contributed by atoms with Crippen LogP contribution in [0.5, 0.6) is 0 Å². The molecule has 0 fully saturated rings. The van der Waals surface area contributed by atoms with E-state index < -0.39 is 0 Å². The van der Waals surface area contributed by atoms with E-state index in [2.05, 4.69) is 56.2 Å². The normalized spacial score (nSPS) is 14.8. The van der Waals surface area contributed by atoms with E-state index in [0.29, 0.717) is 11.4 Å². The van der Waals surface area contributed by atoms with Crippen molar-refractivity contribution in [1.82, 2.24) is 0 Å². The zero-order valence-corrected chi connectivity index (χ0v) is 15.1. The first-order chi connectivity index (χ1) is 9.95. The largest absolute Gasteiger partial charge is 0.325 e. The lowest BCUT2D eigenvalue weighted by molar-refractivity contribution is -0.115. The lowest BCUT2D eigenvalue weighted by Gasteiger charge is -2.17. The van der Waals surface area contributed by atoms with E-state index in [4.69, 9.17) is 11.6 Å². The van der Waals surface area contributed by atoms with Crippen LogP contribution >= 0.6 is 43.5 Å². The Morgan fingerprint density at radius 2 is 2.00 bits per heavy atom. The molecule has 1 aliphatic heterocycles. The summed E-state index contributed by atoms with van der Waals surface area (Å²) in [4.78, 5) is 11.5. The van der Waals surface area contributed by atoms with E-state index in [1.807, 2.05) is 18.2 Å². The highest BCUT2D eigenvalue weighted by atomic mass is 79.9. The number of alkyl halides is 1. The molecule has 1 unspecified atom stereocenters. The minimum Gasteiger partial charge on any atom is -0.325 e.